The number of primary amides is 1. The lowest BCUT2D eigenvalue weighted by Crippen LogP contribution is -2.39. The first kappa shape index (κ1) is 24.3. The van der Waals surface area contributed by atoms with Gasteiger partial charge in [-0.2, -0.15) is 5.12 Å². The van der Waals surface area contributed by atoms with E-state index >= 15 is 4.48 Å². The smallest absolute Gasteiger partial charge is 0.250 e. The number of nitrogens with one attached hydrogen (secondary N) is 1. The summed E-state index contributed by atoms with van der Waals surface area (Å²) in [6.07, 6.45) is 4.85. The summed E-state index contributed by atoms with van der Waals surface area (Å²) in [6, 6.07) is 2.50. The number of methoxy groups -OCH3 is 1. The number of carbonyl (C=O) groups excluding carboxylic acids is 1. The second-order valence-electron chi connectivity index (χ2n) is 7.70. The van der Waals surface area contributed by atoms with Crippen LogP contribution in [0.15, 0.2) is 30.7 Å². The second kappa shape index (κ2) is 11.4. The number of rotatable bonds is 12. The molecule has 2 rings (SSSR count). The summed E-state index contributed by atoms with van der Waals surface area (Å²) in [5.74, 6) is -0.0941. The van der Waals surface area contributed by atoms with E-state index < -0.39 is 5.91 Å². The zero-order valence-corrected chi connectivity index (χ0v) is 18.3. The number of nitrogens with two attached hydrogens (primary N) is 2. The molecule has 0 bridgehead atoms. The molecule has 0 aliphatic heterocycles. The van der Waals surface area contributed by atoms with Gasteiger partial charge in [-0.05, 0) is 25.3 Å². The molecule has 0 saturated heterocycles. The SMILES string of the molecule is COCCOc1cc(N(F)c2cncc(C(N)=O)c2)c(N[C@H](CC(C)C)[C@H](C)N)cn1. The monoisotopic (exact) mass is 434 g/mol. The Balaban J connectivity index is 2.42. The Hall–Kier alpha value is -2.98. The summed E-state index contributed by atoms with van der Waals surface area (Å²) in [6.45, 7) is 6.69. The van der Waals surface area contributed by atoms with Crippen molar-refractivity contribution in [2.24, 2.45) is 17.4 Å². The highest BCUT2D eigenvalue weighted by molar-refractivity contribution is 5.93. The number of carbonyl (C=O) groups is 1. The van der Waals surface area contributed by atoms with Gasteiger partial charge in [0.15, 0.2) is 0 Å². The molecule has 31 heavy (non-hydrogen) atoms. The van der Waals surface area contributed by atoms with Crippen molar-refractivity contribution in [2.75, 3.05) is 30.8 Å². The van der Waals surface area contributed by atoms with Gasteiger partial charge in [-0.25, -0.2) is 4.98 Å². The average Bonchev–Trinajstić information content (AvgIpc) is 2.73. The molecule has 1 amide bonds. The number of nitrogens with zero attached hydrogens (tertiary/aromatic N) is 3. The molecule has 10 heteroatoms. The Labute approximate surface area is 181 Å². The van der Waals surface area contributed by atoms with Crippen LogP contribution >= 0.6 is 0 Å². The molecule has 5 N–H and O–H groups in total. The fourth-order valence-corrected chi connectivity index (χ4v) is 2.93. The zero-order valence-electron chi connectivity index (χ0n) is 18.3. The number of amides is 1. The van der Waals surface area contributed by atoms with Crippen LogP contribution in [-0.4, -0.2) is 48.3 Å². The van der Waals surface area contributed by atoms with Crippen molar-refractivity contribution in [2.45, 2.75) is 39.3 Å². The summed E-state index contributed by atoms with van der Waals surface area (Å²) in [5.41, 5.74) is 12.1. The van der Waals surface area contributed by atoms with Crippen LogP contribution in [0.25, 0.3) is 0 Å². The number of aromatic nitrogens is 2. The van der Waals surface area contributed by atoms with E-state index in [1.54, 1.807) is 7.11 Å². The van der Waals surface area contributed by atoms with Gasteiger partial charge in [0.1, 0.15) is 12.3 Å². The van der Waals surface area contributed by atoms with Crippen molar-refractivity contribution in [3.8, 4) is 5.88 Å². The molecule has 0 radical (unpaired) electrons. The molecule has 2 aromatic rings. The van der Waals surface area contributed by atoms with Gasteiger partial charge in [0.05, 0.1) is 35.9 Å². The lowest BCUT2D eigenvalue weighted by molar-refractivity contribution is 0.1000. The quantitative estimate of drug-likeness (QED) is 0.344. The van der Waals surface area contributed by atoms with Crippen LogP contribution in [0.4, 0.5) is 21.5 Å². The predicted octanol–water partition coefficient (Wildman–Crippen LogP) is 2.80. The normalized spacial score (nSPS) is 13.0. The average molecular weight is 435 g/mol. The summed E-state index contributed by atoms with van der Waals surface area (Å²) in [4.78, 5) is 19.6. The molecule has 2 atom stereocenters. The van der Waals surface area contributed by atoms with Crippen molar-refractivity contribution in [1.29, 1.82) is 0 Å². The molecule has 0 fully saturated rings. The van der Waals surface area contributed by atoms with Gasteiger partial charge in [-0.3, -0.25) is 9.78 Å². The number of anilines is 3. The van der Waals surface area contributed by atoms with Crippen LogP contribution in [0.1, 0.15) is 37.6 Å². The molecule has 0 aliphatic carbocycles. The van der Waals surface area contributed by atoms with Crippen molar-refractivity contribution < 1.29 is 18.7 Å². The number of halogens is 1. The van der Waals surface area contributed by atoms with Gasteiger partial charge in [0.2, 0.25) is 11.8 Å². The van der Waals surface area contributed by atoms with E-state index in [-0.39, 0.29) is 41.5 Å². The van der Waals surface area contributed by atoms with Crippen LogP contribution in [0.3, 0.4) is 0 Å². The molecule has 0 aromatic carbocycles. The predicted molar refractivity (Wildman–Crippen MR) is 118 cm³/mol. The third kappa shape index (κ3) is 7.04. The van der Waals surface area contributed by atoms with Crippen LogP contribution in [0.2, 0.25) is 0 Å². The lowest BCUT2D eigenvalue weighted by atomic mass is 9.98. The molecular formula is C21H31FN6O3. The maximum atomic E-state index is 15.5. The highest BCUT2D eigenvalue weighted by Crippen LogP contribution is 2.35. The summed E-state index contributed by atoms with van der Waals surface area (Å²) in [5, 5.41) is 3.70. The van der Waals surface area contributed by atoms with Crippen LogP contribution < -0.4 is 26.6 Å². The molecule has 9 nitrogen and oxygen atoms in total. The molecular weight excluding hydrogens is 403 g/mol. The highest BCUT2D eigenvalue weighted by atomic mass is 19.2. The number of ether oxygens (including phenoxy) is 2. The molecule has 0 spiro atoms. The van der Waals surface area contributed by atoms with Crippen molar-refractivity contribution in [1.82, 2.24) is 9.97 Å². The summed E-state index contributed by atoms with van der Waals surface area (Å²) in [7, 11) is 1.56. The van der Waals surface area contributed by atoms with Crippen molar-refractivity contribution in [3.63, 3.8) is 0 Å². The number of pyridine rings is 2. The Kier molecular flexibility index (Phi) is 8.95. The zero-order chi connectivity index (χ0) is 23.0. The fraction of sp³-hybridized carbons (Fsp3) is 0.476. The van der Waals surface area contributed by atoms with E-state index in [9.17, 15) is 4.79 Å². The van der Waals surface area contributed by atoms with Crippen molar-refractivity contribution in [3.05, 3.63) is 36.3 Å². The Morgan fingerprint density at radius 3 is 2.58 bits per heavy atom. The Morgan fingerprint density at radius 1 is 1.23 bits per heavy atom. The molecule has 0 saturated carbocycles. The van der Waals surface area contributed by atoms with E-state index in [1.165, 1.54) is 30.7 Å². The van der Waals surface area contributed by atoms with E-state index in [0.717, 1.165) is 6.42 Å². The maximum absolute atomic E-state index is 15.5. The minimum atomic E-state index is -0.701. The van der Waals surface area contributed by atoms with Gasteiger partial charge in [0.25, 0.3) is 0 Å². The first-order valence-corrected chi connectivity index (χ1v) is 10.1. The highest BCUT2D eigenvalue weighted by Gasteiger charge is 2.22. The fourth-order valence-electron chi connectivity index (χ4n) is 2.93. The van der Waals surface area contributed by atoms with Gasteiger partial charge >= 0.3 is 0 Å². The molecule has 2 aromatic heterocycles. The van der Waals surface area contributed by atoms with E-state index in [4.69, 9.17) is 20.9 Å². The van der Waals surface area contributed by atoms with Gasteiger partial charge in [-0.1, -0.05) is 18.3 Å². The summed E-state index contributed by atoms with van der Waals surface area (Å²) < 4.78 is 26.0. The van der Waals surface area contributed by atoms with Crippen LogP contribution in [0.5, 0.6) is 5.88 Å². The molecule has 2 heterocycles. The first-order chi connectivity index (χ1) is 14.7. The topological polar surface area (TPSA) is 129 Å². The second-order valence-corrected chi connectivity index (χ2v) is 7.70. The summed E-state index contributed by atoms with van der Waals surface area (Å²) >= 11 is 0. The number of hydrogen-bond donors (Lipinski definition) is 3. The Morgan fingerprint density at radius 2 is 1.97 bits per heavy atom. The molecule has 0 unspecified atom stereocenters. The minimum Gasteiger partial charge on any atom is -0.475 e. The standard InChI is InChI=1S/C21H31FN6O3/c1-13(2)7-17(14(3)23)27-18-12-26-20(31-6-5-30-4)9-19(18)28(22)16-8-15(21(24)29)10-25-11-16/h8-14,17,27H,5-7,23H2,1-4H3,(H2,24,29)/t14-,17+/m0/s1. The minimum absolute atomic E-state index is 0.0367. The van der Waals surface area contributed by atoms with Crippen LogP contribution in [-0.2, 0) is 4.74 Å². The third-order valence-corrected chi connectivity index (χ3v) is 4.54. The van der Waals surface area contributed by atoms with Gasteiger partial charge in [0, 0.05) is 31.5 Å². The number of hydrogen-bond acceptors (Lipinski definition) is 8. The first-order valence-electron chi connectivity index (χ1n) is 10.1. The van der Waals surface area contributed by atoms with E-state index in [2.05, 4.69) is 29.1 Å². The van der Waals surface area contributed by atoms with E-state index in [1.807, 2.05) is 6.92 Å². The molecule has 0 aliphatic rings. The van der Waals surface area contributed by atoms with Crippen LogP contribution in [0, 0.1) is 5.92 Å². The lowest BCUT2D eigenvalue weighted by Gasteiger charge is -2.27. The third-order valence-electron chi connectivity index (χ3n) is 4.54. The largest absolute Gasteiger partial charge is 0.475 e. The molecule has 170 valence electrons. The van der Waals surface area contributed by atoms with Gasteiger partial charge < -0.3 is 26.3 Å². The maximum Gasteiger partial charge on any atom is 0.250 e. The Bertz CT molecular complexity index is 865. The van der Waals surface area contributed by atoms with Gasteiger partial charge in [-0.15, -0.1) is 0 Å². The van der Waals surface area contributed by atoms with Crippen molar-refractivity contribution >= 4 is 23.0 Å². The van der Waals surface area contributed by atoms with E-state index in [0.29, 0.717) is 23.3 Å².